The van der Waals surface area contributed by atoms with E-state index < -0.39 is 10.0 Å². The molecule has 1 aliphatic heterocycles. The summed E-state index contributed by atoms with van der Waals surface area (Å²) in [7, 11) is -3.54. The molecule has 1 N–H and O–H groups in total. The number of benzene rings is 2. The third kappa shape index (κ3) is 5.44. The van der Waals surface area contributed by atoms with Crippen LogP contribution in [-0.4, -0.2) is 43.3 Å². The number of amides is 1. The average molecular weight is 454 g/mol. The zero-order valence-corrected chi connectivity index (χ0v) is 18.8. The van der Waals surface area contributed by atoms with Crippen molar-refractivity contribution in [2.45, 2.75) is 43.5 Å². The second-order valence-corrected chi connectivity index (χ2v) is 9.79. The highest BCUT2D eigenvalue weighted by Crippen LogP contribution is 2.22. The van der Waals surface area contributed by atoms with Gasteiger partial charge >= 0.3 is 0 Å². The van der Waals surface area contributed by atoms with Crippen molar-refractivity contribution >= 4 is 15.9 Å². The predicted molar refractivity (Wildman–Crippen MR) is 121 cm³/mol. The van der Waals surface area contributed by atoms with Crippen LogP contribution in [0.4, 0.5) is 0 Å². The Kier molecular flexibility index (Phi) is 6.72. The molecule has 0 bridgehead atoms. The van der Waals surface area contributed by atoms with Gasteiger partial charge in [-0.1, -0.05) is 48.0 Å². The van der Waals surface area contributed by atoms with Crippen LogP contribution in [0.3, 0.4) is 0 Å². The van der Waals surface area contributed by atoms with Crippen LogP contribution in [0.25, 0.3) is 11.3 Å². The Balaban J connectivity index is 1.25. The summed E-state index contributed by atoms with van der Waals surface area (Å²) in [6.07, 6.45) is 3.62. The third-order valence-electron chi connectivity index (χ3n) is 5.67. The quantitative estimate of drug-likeness (QED) is 0.591. The topological polar surface area (TPSA) is 92.5 Å². The number of aromatic nitrogens is 1. The number of hydrogen-bond donors (Lipinski definition) is 1. The van der Waals surface area contributed by atoms with Gasteiger partial charge in [0.2, 0.25) is 15.9 Å². The molecule has 1 amide bonds. The van der Waals surface area contributed by atoms with Gasteiger partial charge in [-0.25, -0.2) is 18.1 Å². The summed E-state index contributed by atoms with van der Waals surface area (Å²) in [6.45, 7) is 3.09. The first-order valence-corrected chi connectivity index (χ1v) is 12.3. The fourth-order valence-electron chi connectivity index (χ4n) is 3.78. The van der Waals surface area contributed by atoms with E-state index in [2.05, 4.69) is 9.71 Å². The fraction of sp³-hybridized carbons (Fsp3) is 0.333. The molecule has 1 saturated heterocycles. The van der Waals surface area contributed by atoms with Gasteiger partial charge in [-0.2, -0.15) is 0 Å². The lowest BCUT2D eigenvalue weighted by molar-refractivity contribution is -0.132. The number of nitrogens with zero attached hydrogens (tertiary/aromatic N) is 2. The van der Waals surface area contributed by atoms with E-state index in [1.165, 1.54) is 5.56 Å². The summed E-state index contributed by atoms with van der Waals surface area (Å²) in [5, 5.41) is 0. The van der Waals surface area contributed by atoms with Gasteiger partial charge in [0.1, 0.15) is 0 Å². The average Bonchev–Trinajstić information content (AvgIpc) is 3.28. The van der Waals surface area contributed by atoms with Crippen LogP contribution in [0.1, 0.15) is 30.7 Å². The Hall–Kier alpha value is -2.97. The van der Waals surface area contributed by atoms with Crippen LogP contribution in [0.15, 0.2) is 70.1 Å². The standard InChI is InChI=1S/C24H27N3O4S/c1-18-7-9-19(10-8-18)22-17-25-23(31-22)11-12-24(28)27-15-13-20(14-16-27)26-32(29,30)21-5-3-2-4-6-21/h2-10,17,20,26H,11-16H2,1H3. The Bertz CT molecular complexity index is 1150. The maximum Gasteiger partial charge on any atom is 0.240 e. The van der Waals surface area contributed by atoms with Gasteiger partial charge in [0.05, 0.1) is 11.1 Å². The normalized spacial score (nSPS) is 15.1. The van der Waals surface area contributed by atoms with Gasteiger partial charge in [0.25, 0.3) is 0 Å². The van der Waals surface area contributed by atoms with Crippen molar-refractivity contribution in [3.05, 3.63) is 72.2 Å². The summed E-state index contributed by atoms with van der Waals surface area (Å²) in [6, 6.07) is 16.2. The summed E-state index contributed by atoms with van der Waals surface area (Å²) in [4.78, 5) is 19.0. The van der Waals surface area contributed by atoms with Crippen LogP contribution >= 0.6 is 0 Å². The van der Waals surface area contributed by atoms with Crippen LogP contribution in [0.5, 0.6) is 0 Å². The number of piperidine rings is 1. The van der Waals surface area contributed by atoms with Gasteiger partial charge in [0.15, 0.2) is 11.7 Å². The van der Waals surface area contributed by atoms with E-state index in [4.69, 9.17) is 4.42 Å². The minimum absolute atomic E-state index is 0.0319. The lowest BCUT2D eigenvalue weighted by Gasteiger charge is -2.32. The maximum absolute atomic E-state index is 12.6. The zero-order valence-electron chi connectivity index (χ0n) is 18.0. The monoisotopic (exact) mass is 453 g/mol. The first kappa shape index (κ1) is 22.2. The lowest BCUT2D eigenvalue weighted by atomic mass is 10.1. The molecule has 1 aromatic heterocycles. The molecule has 0 atom stereocenters. The maximum atomic E-state index is 12.6. The predicted octanol–water partition coefficient (Wildman–Crippen LogP) is 3.55. The number of carbonyl (C=O) groups excluding carboxylic acids is 1. The third-order valence-corrected chi connectivity index (χ3v) is 7.20. The molecule has 4 rings (SSSR count). The van der Waals surface area contributed by atoms with Crippen molar-refractivity contribution in [1.82, 2.24) is 14.6 Å². The number of hydrogen-bond acceptors (Lipinski definition) is 5. The Morgan fingerprint density at radius 3 is 2.47 bits per heavy atom. The second-order valence-electron chi connectivity index (χ2n) is 8.07. The van der Waals surface area contributed by atoms with E-state index in [1.54, 1.807) is 41.4 Å². The van der Waals surface area contributed by atoms with Crippen molar-refractivity contribution in [3.8, 4) is 11.3 Å². The molecule has 32 heavy (non-hydrogen) atoms. The molecular formula is C24H27N3O4S. The second kappa shape index (κ2) is 9.67. The van der Waals surface area contributed by atoms with E-state index in [0.29, 0.717) is 50.4 Å². The van der Waals surface area contributed by atoms with Crippen molar-refractivity contribution in [2.75, 3.05) is 13.1 Å². The Labute approximate surface area is 188 Å². The molecule has 7 nitrogen and oxygen atoms in total. The van der Waals surface area contributed by atoms with Crippen LogP contribution in [0.2, 0.25) is 0 Å². The molecule has 0 aliphatic carbocycles. The Morgan fingerprint density at radius 1 is 1.09 bits per heavy atom. The minimum atomic E-state index is -3.54. The highest BCUT2D eigenvalue weighted by Gasteiger charge is 2.26. The van der Waals surface area contributed by atoms with E-state index in [0.717, 1.165) is 5.56 Å². The first-order valence-electron chi connectivity index (χ1n) is 10.8. The van der Waals surface area contributed by atoms with Gasteiger partial charge in [-0.15, -0.1) is 0 Å². The molecule has 168 valence electrons. The molecule has 0 spiro atoms. The van der Waals surface area contributed by atoms with Gasteiger partial charge in [0, 0.05) is 37.5 Å². The highest BCUT2D eigenvalue weighted by molar-refractivity contribution is 7.89. The van der Waals surface area contributed by atoms with E-state index >= 15 is 0 Å². The molecular weight excluding hydrogens is 426 g/mol. The molecule has 0 radical (unpaired) electrons. The number of nitrogens with one attached hydrogen (secondary N) is 1. The zero-order chi connectivity index (χ0) is 22.6. The smallest absolute Gasteiger partial charge is 0.240 e. The summed E-state index contributed by atoms with van der Waals surface area (Å²) in [5.74, 6) is 1.27. The molecule has 1 aliphatic rings. The first-order chi connectivity index (χ1) is 15.4. The van der Waals surface area contributed by atoms with Crippen molar-refractivity contribution in [3.63, 3.8) is 0 Å². The van der Waals surface area contributed by atoms with Crippen molar-refractivity contribution in [2.24, 2.45) is 0 Å². The molecule has 3 aromatic rings. The minimum Gasteiger partial charge on any atom is -0.441 e. The van der Waals surface area contributed by atoms with E-state index in [1.807, 2.05) is 31.2 Å². The van der Waals surface area contributed by atoms with Gasteiger partial charge in [-0.05, 0) is 31.9 Å². The number of oxazole rings is 1. The SMILES string of the molecule is Cc1ccc(-c2cnc(CCC(=O)N3CCC(NS(=O)(=O)c4ccccc4)CC3)o2)cc1. The van der Waals surface area contributed by atoms with Crippen molar-refractivity contribution < 1.29 is 17.6 Å². The molecule has 2 aromatic carbocycles. The molecule has 0 saturated carbocycles. The molecule has 2 heterocycles. The van der Waals surface area contributed by atoms with Gasteiger partial charge < -0.3 is 9.32 Å². The molecule has 8 heteroatoms. The summed E-state index contributed by atoms with van der Waals surface area (Å²) in [5.41, 5.74) is 2.14. The number of rotatable bonds is 7. The number of aryl methyl sites for hydroxylation is 2. The molecule has 0 unspecified atom stereocenters. The number of likely N-dealkylation sites (tertiary alicyclic amines) is 1. The van der Waals surface area contributed by atoms with Crippen LogP contribution in [-0.2, 0) is 21.2 Å². The fourth-order valence-corrected chi connectivity index (χ4v) is 5.11. The summed E-state index contributed by atoms with van der Waals surface area (Å²) >= 11 is 0. The molecule has 1 fully saturated rings. The van der Waals surface area contributed by atoms with Crippen LogP contribution in [0, 0.1) is 6.92 Å². The number of carbonyl (C=O) groups is 1. The largest absolute Gasteiger partial charge is 0.441 e. The lowest BCUT2D eigenvalue weighted by Crippen LogP contribution is -2.46. The highest BCUT2D eigenvalue weighted by atomic mass is 32.2. The summed E-state index contributed by atoms with van der Waals surface area (Å²) < 4.78 is 33.5. The van der Waals surface area contributed by atoms with Crippen LogP contribution < -0.4 is 4.72 Å². The number of sulfonamides is 1. The Morgan fingerprint density at radius 2 is 1.78 bits per heavy atom. The van der Waals surface area contributed by atoms with Crippen molar-refractivity contribution in [1.29, 1.82) is 0 Å². The van der Waals surface area contributed by atoms with E-state index in [-0.39, 0.29) is 16.8 Å². The van der Waals surface area contributed by atoms with Gasteiger partial charge in [-0.3, -0.25) is 4.79 Å². The van der Waals surface area contributed by atoms with E-state index in [9.17, 15) is 13.2 Å².